The maximum atomic E-state index is 13.0. The van der Waals surface area contributed by atoms with Gasteiger partial charge in [0.05, 0.1) is 30.0 Å². The van der Waals surface area contributed by atoms with Crippen LogP contribution in [0.15, 0.2) is 30.7 Å². The minimum atomic E-state index is -4.42. The summed E-state index contributed by atoms with van der Waals surface area (Å²) in [5.41, 5.74) is 0.839. The highest BCUT2D eigenvalue weighted by Gasteiger charge is 2.34. The maximum Gasteiger partial charge on any atom is 0.408 e. The maximum absolute atomic E-state index is 13.0. The predicted octanol–water partition coefficient (Wildman–Crippen LogP) is 3.20. The van der Waals surface area contributed by atoms with Crippen molar-refractivity contribution >= 4 is 28.7 Å². The van der Waals surface area contributed by atoms with Crippen LogP contribution in [0.4, 0.5) is 23.8 Å². The molecule has 3 aromatic heterocycles. The van der Waals surface area contributed by atoms with Crippen molar-refractivity contribution < 1.29 is 22.8 Å². The highest BCUT2D eigenvalue weighted by Crippen LogP contribution is 2.36. The Hall–Kier alpha value is -3.64. The van der Waals surface area contributed by atoms with Gasteiger partial charge in [-0.25, -0.2) is 9.48 Å². The average molecular weight is 480 g/mol. The van der Waals surface area contributed by atoms with Crippen LogP contribution in [0.5, 0.6) is 0 Å². The van der Waals surface area contributed by atoms with Crippen LogP contribution in [0.3, 0.4) is 0 Å². The van der Waals surface area contributed by atoms with Gasteiger partial charge in [0.1, 0.15) is 12.4 Å². The highest BCUT2D eigenvalue weighted by atomic mass is 19.4. The van der Waals surface area contributed by atoms with Gasteiger partial charge >= 0.3 is 12.2 Å². The molecule has 0 saturated heterocycles. The van der Waals surface area contributed by atoms with E-state index >= 15 is 0 Å². The highest BCUT2D eigenvalue weighted by molar-refractivity contribution is 5.93. The second-order valence-electron chi connectivity index (χ2n) is 7.95. The number of imide groups is 1. The number of halogens is 3. The largest absolute Gasteiger partial charge is 0.408 e. The normalized spacial score (nSPS) is 14.4. The molecule has 3 N–H and O–H groups in total. The van der Waals surface area contributed by atoms with Gasteiger partial charge in [-0.15, -0.1) is 0 Å². The zero-order chi connectivity index (χ0) is 25.0. The summed E-state index contributed by atoms with van der Waals surface area (Å²) < 4.78 is 41.7. The molecule has 10 nitrogen and oxygen atoms in total. The molecule has 0 radical (unpaired) electrons. The number of nitrogens with one attached hydrogen (secondary N) is 3. The molecule has 0 aliphatic rings. The summed E-state index contributed by atoms with van der Waals surface area (Å²) in [7, 11) is 1.73. The minimum absolute atomic E-state index is 0.309. The van der Waals surface area contributed by atoms with E-state index in [0.29, 0.717) is 28.8 Å². The van der Waals surface area contributed by atoms with E-state index in [4.69, 9.17) is 0 Å². The van der Waals surface area contributed by atoms with Crippen LogP contribution >= 0.6 is 0 Å². The number of hydrogen-bond acceptors (Lipinski definition) is 6. The van der Waals surface area contributed by atoms with Gasteiger partial charge in [0.15, 0.2) is 0 Å². The number of urea groups is 1. The van der Waals surface area contributed by atoms with E-state index in [2.05, 4.69) is 31.1 Å². The fourth-order valence-electron chi connectivity index (χ4n) is 4.08. The molecule has 0 bridgehead atoms. The third kappa shape index (κ3) is 5.64. The molecule has 0 aliphatic heterocycles. The van der Waals surface area contributed by atoms with E-state index in [1.54, 1.807) is 37.0 Å². The second kappa shape index (κ2) is 10.1. The molecule has 184 valence electrons. The van der Waals surface area contributed by atoms with Gasteiger partial charge in [-0.1, -0.05) is 6.92 Å². The Balaban J connectivity index is 2.04. The van der Waals surface area contributed by atoms with E-state index in [1.807, 2.05) is 6.92 Å². The number of carbonyl (C=O) groups is 2. The standard InChI is InChI=1S/C21H27F3N8O2/c1-5-15(16-8-17-14(9-26-16)10-28-31(17)11-21(22,23)24)19(32-18(25-4)6-7-27-32)12(2)29-20(34)30-13(3)33/h6-10,12,15,19,25H,5,11H2,1-4H3,(H2,29,30,33,34)/t12-,15?,19?/m1/s1. The lowest BCUT2D eigenvalue weighted by Gasteiger charge is -2.33. The summed E-state index contributed by atoms with van der Waals surface area (Å²) in [5, 5.41) is 16.7. The molecular formula is C21H27F3N8O2. The first-order chi connectivity index (χ1) is 16.0. The van der Waals surface area contributed by atoms with E-state index in [1.165, 1.54) is 19.3 Å². The minimum Gasteiger partial charge on any atom is -0.373 e. The Bertz CT molecular complexity index is 1160. The average Bonchev–Trinajstić information content (AvgIpc) is 3.36. The molecule has 34 heavy (non-hydrogen) atoms. The molecule has 3 aromatic rings. The number of pyridine rings is 1. The number of carbonyl (C=O) groups excluding carboxylic acids is 2. The van der Waals surface area contributed by atoms with Crippen molar-refractivity contribution in [3.05, 3.63) is 36.4 Å². The number of aromatic nitrogens is 5. The number of amides is 3. The number of fused-ring (bicyclic) bond motifs is 1. The molecule has 0 aliphatic carbocycles. The van der Waals surface area contributed by atoms with Crippen molar-refractivity contribution in [2.75, 3.05) is 12.4 Å². The zero-order valence-corrected chi connectivity index (χ0v) is 19.2. The van der Waals surface area contributed by atoms with Crippen molar-refractivity contribution in [2.24, 2.45) is 0 Å². The Morgan fingerprint density at radius 2 is 1.94 bits per heavy atom. The summed E-state index contributed by atoms with van der Waals surface area (Å²) in [6, 6.07) is 1.68. The quantitative estimate of drug-likeness (QED) is 0.456. The van der Waals surface area contributed by atoms with Crippen LogP contribution in [0.25, 0.3) is 10.9 Å². The van der Waals surface area contributed by atoms with Crippen LogP contribution < -0.4 is 16.0 Å². The van der Waals surface area contributed by atoms with E-state index in [0.717, 1.165) is 4.68 Å². The lowest BCUT2D eigenvalue weighted by molar-refractivity contribution is -0.141. The molecule has 0 aromatic carbocycles. The molecule has 0 spiro atoms. The first kappa shape index (κ1) is 25.0. The predicted molar refractivity (Wildman–Crippen MR) is 119 cm³/mol. The van der Waals surface area contributed by atoms with Gasteiger partial charge in [0.25, 0.3) is 0 Å². The van der Waals surface area contributed by atoms with Crippen molar-refractivity contribution in [1.82, 2.24) is 35.2 Å². The molecule has 3 heterocycles. The lowest BCUT2D eigenvalue weighted by Crippen LogP contribution is -2.47. The second-order valence-corrected chi connectivity index (χ2v) is 7.95. The van der Waals surface area contributed by atoms with Crippen LogP contribution in [0.1, 0.15) is 44.8 Å². The first-order valence-corrected chi connectivity index (χ1v) is 10.7. The van der Waals surface area contributed by atoms with Crippen molar-refractivity contribution in [3.63, 3.8) is 0 Å². The summed E-state index contributed by atoms with van der Waals surface area (Å²) in [6.45, 7) is 3.70. The van der Waals surface area contributed by atoms with Crippen molar-refractivity contribution in [3.8, 4) is 0 Å². The van der Waals surface area contributed by atoms with Gasteiger partial charge in [0.2, 0.25) is 5.91 Å². The Labute approximate surface area is 193 Å². The Morgan fingerprint density at radius 3 is 2.56 bits per heavy atom. The number of anilines is 1. The summed E-state index contributed by atoms with van der Waals surface area (Å²) >= 11 is 0. The Kier molecular flexibility index (Phi) is 7.42. The summed E-state index contributed by atoms with van der Waals surface area (Å²) in [5.74, 6) is -0.182. The van der Waals surface area contributed by atoms with Crippen LogP contribution in [0.2, 0.25) is 0 Å². The van der Waals surface area contributed by atoms with Gasteiger partial charge in [-0.05, 0) is 19.4 Å². The van der Waals surface area contributed by atoms with E-state index in [-0.39, 0.29) is 5.92 Å². The number of alkyl halides is 3. The molecule has 13 heteroatoms. The summed E-state index contributed by atoms with van der Waals surface area (Å²) in [6.07, 6.45) is 0.559. The lowest BCUT2D eigenvalue weighted by atomic mass is 9.88. The topological polar surface area (TPSA) is 119 Å². The number of hydrogen-bond donors (Lipinski definition) is 3. The van der Waals surface area contributed by atoms with Crippen LogP contribution in [-0.2, 0) is 11.3 Å². The van der Waals surface area contributed by atoms with Crippen LogP contribution in [-0.4, -0.2) is 55.7 Å². The van der Waals surface area contributed by atoms with Crippen LogP contribution in [0, 0.1) is 0 Å². The molecule has 0 saturated carbocycles. The molecule has 0 fully saturated rings. The molecular weight excluding hydrogens is 453 g/mol. The van der Waals surface area contributed by atoms with Crippen molar-refractivity contribution in [2.45, 2.75) is 57.9 Å². The SMILES string of the molecule is CCC(c1cc2c(cn1)cnn2CC(F)(F)F)C([C@@H](C)NC(=O)NC(C)=O)n1nccc1NC. The van der Waals surface area contributed by atoms with Gasteiger partial charge in [-0.3, -0.25) is 19.8 Å². The van der Waals surface area contributed by atoms with E-state index in [9.17, 15) is 22.8 Å². The fraction of sp³-hybridized carbons (Fsp3) is 0.476. The molecule has 3 rings (SSSR count). The van der Waals surface area contributed by atoms with Gasteiger partial charge < -0.3 is 10.6 Å². The van der Waals surface area contributed by atoms with E-state index < -0.39 is 36.7 Å². The monoisotopic (exact) mass is 480 g/mol. The third-order valence-electron chi connectivity index (χ3n) is 5.48. The van der Waals surface area contributed by atoms with Gasteiger partial charge in [-0.2, -0.15) is 23.4 Å². The third-order valence-corrected chi connectivity index (χ3v) is 5.48. The fourth-order valence-corrected chi connectivity index (χ4v) is 4.08. The Morgan fingerprint density at radius 1 is 1.21 bits per heavy atom. The van der Waals surface area contributed by atoms with Crippen molar-refractivity contribution in [1.29, 1.82) is 0 Å². The molecule has 3 amide bonds. The molecule has 2 unspecified atom stereocenters. The molecule has 3 atom stereocenters. The summed E-state index contributed by atoms with van der Waals surface area (Å²) in [4.78, 5) is 28.0. The zero-order valence-electron chi connectivity index (χ0n) is 19.2. The first-order valence-electron chi connectivity index (χ1n) is 10.7. The number of rotatable bonds is 8. The smallest absolute Gasteiger partial charge is 0.373 e. The van der Waals surface area contributed by atoms with Gasteiger partial charge in [0, 0.05) is 43.2 Å². The number of nitrogens with zero attached hydrogens (tertiary/aromatic N) is 5.